The molecule has 6 heteroatoms. The summed E-state index contributed by atoms with van der Waals surface area (Å²) in [6, 6.07) is 5.02. The molecule has 0 aromatic carbocycles. The van der Waals surface area contributed by atoms with E-state index in [-0.39, 0.29) is 22.6 Å². The summed E-state index contributed by atoms with van der Waals surface area (Å²) in [7, 11) is 0. The van der Waals surface area contributed by atoms with Crippen molar-refractivity contribution in [2.75, 3.05) is 6.54 Å². The highest BCUT2D eigenvalue weighted by Crippen LogP contribution is 2.65. The van der Waals surface area contributed by atoms with E-state index in [1.54, 1.807) is 5.56 Å². The Kier molecular flexibility index (Phi) is 13.6. The van der Waals surface area contributed by atoms with E-state index in [1.165, 1.54) is 115 Å². The molecule has 3 aromatic rings. The molecule has 51 heavy (non-hydrogen) atoms. The van der Waals surface area contributed by atoms with Crippen molar-refractivity contribution < 1.29 is 14.0 Å². The second kappa shape index (κ2) is 17.3. The number of aryl methyl sites for hydroxylation is 1. The summed E-state index contributed by atoms with van der Waals surface area (Å²) in [5.74, 6) is 2.15. The fourth-order valence-electron chi connectivity index (χ4n) is 9.02. The minimum atomic E-state index is -0.172. The highest BCUT2D eigenvalue weighted by Gasteiger charge is 2.52. The molecule has 2 unspecified atom stereocenters. The van der Waals surface area contributed by atoms with Gasteiger partial charge in [0.25, 0.3) is 11.8 Å². The number of rotatable bonds is 15. The number of furan rings is 1. The average Bonchev–Trinajstić information content (AvgIpc) is 3.90. The van der Waals surface area contributed by atoms with Crippen molar-refractivity contribution in [3.63, 3.8) is 0 Å². The molecule has 3 aliphatic rings. The van der Waals surface area contributed by atoms with Crippen LogP contribution in [0.1, 0.15) is 207 Å². The maximum absolute atomic E-state index is 14.0. The summed E-state index contributed by atoms with van der Waals surface area (Å²) in [6.45, 7) is 20.6. The molecule has 3 aromatic heterocycles. The Morgan fingerprint density at radius 3 is 2.08 bits per heavy atom. The van der Waals surface area contributed by atoms with E-state index in [1.807, 2.05) is 29.6 Å². The Morgan fingerprint density at radius 1 is 0.824 bits per heavy atom. The molecule has 4 nitrogen and oxygen atoms in total. The number of fused-ring (bicyclic) bond motifs is 4. The predicted molar refractivity (Wildman–Crippen MR) is 219 cm³/mol. The summed E-state index contributed by atoms with van der Waals surface area (Å²) in [5.41, 5.74) is 4.14. The average molecular weight is 734 g/mol. The van der Waals surface area contributed by atoms with Crippen molar-refractivity contribution in [3.8, 4) is 20.4 Å². The molecule has 0 spiro atoms. The van der Waals surface area contributed by atoms with Crippen molar-refractivity contribution in [2.45, 2.75) is 182 Å². The number of carbonyl (C=O) groups is 2. The molecule has 1 saturated carbocycles. The number of imide groups is 1. The van der Waals surface area contributed by atoms with Crippen LogP contribution < -0.4 is 0 Å². The second-order valence-corrected chi connectivity index (χ2v) is 19.0. The number of hydrogen-bond acceptors (Lipinski definition) is 5. The highest BCUT2D eigenvalue weighted by atomic mass is 32.1. The lowest BCUT2D eigenvalue weighted by molar-refractivity contribution is 0.0648. The Balaban J connectivity index is 0.00000162. The Hall–Kier alpha value is -2.18. The Labute approximate surface area is 318 Å². The van der Waals surface area contributed by atoms with Gasteiger partial charge in [-0.25, -0.2) is 0 Å². The van der Waals surface area contributed by atoms with E-state index in [2.05, 4.69) is 67.5 Å². The smallest absolute Gasteiger partial charge is 0.265 e. The number of unbranched alkanes of at least 4 members (excludes halogenated alkanes) is 6. The topological polar surface area (TPSA) is 50.5 Å². The van der Waals surface area contributed by atoms with Crippen LogP contribution in [0, 0.1) is 18.8 Å². The van der Waals surface area contributed by atoms with Crippen LogP contribution in [-0.4, -0.2) is 23.3 Å². The summed E-state index contributed by atoms with van der Waals surface area (Å²) in [6.07, 6.45) is 20.8. The van der Waals surface area contributed by atoms with Gasteiger partial charge in [-0.15, -0.1) is 22.7 Å². The lowest BCUT2D eigenvalue weighted by atomic mass is 9.60. The Bertz CT molecular complexity index is 1630. The molecule has 282 valence electrons. The van der Waals surface area contributed by atoms with Crippen molar-refractivity contribution in [1.82, 2.24) is 4.90 Å². The van der Waals surface area contributed by atoms with Crippen LogP contribution in [0.2, 0.25) is 0 Å². The zero-order valence-electron chi connectivity index (χ0n) is 33.5. The van der Waals surface area contributed by atoms with Gasteiger partial charge in [0.05, 0.1) is 10.4 Å². The largest absolute Gasteiger partial charge is 0.459 e. The van der Waals surface area contributed by atoms with E-state index >= 15 is 0 Å². The molecule has 0 N–H and O–H groups in total. The van der Waals surface area contributed by atoms with Gasteiger partial charge in [0.15, 0.2) is 5.76 Å². The summed E-state index contributed by atoms with van der Waals surface area (Å²) in [4.78, 5) is 34.4. The lowest BCUT2D eigenvalue weighted by Gasteiger charge is -2.43. The van der Waals surface area contributed by atoms with Crippen LogP contribution >= 0.6 is 22.7 Å². The van der Waals surface area contributed by atoms with Gasteiger partial charge >= 0.3 is 0 Å². The van der Waals surface area contributed by atoms with Crippen molar-refractivity contribution in [3.05, 3.63) is 45.0 Å². The van der Waals surface area contributed by atoms with E-state index in [4.69, 9.17) is 4.42 Å². The molecule has 0 bridgehead atoms. The number of thiophene rings is 2. The van der Waals surface area contributed by atoms with Crippen LogP contribution in [0.25, 0.3) is 20.4 Å². The van der Waals surface area contributed by atoms with Gasteiger partial charge in [0.1, 0.15) is 11.3 Å². The van der Waals surface area contributed by atoms with E-state index in [0.717, 1.165) is 24.1 Å². The van der Waals surface area contributed by atoms with E-state index in [9.17, 15) is 9.59 Å². The third kappa shape index (κ3) is 7.89. The molecule has 0 radical (unpaired) electrons. The summed E-state index contributed by atoms with van der Waals surface area (Å²) >= 11 is 3.81. The van der Waals surface area contributed by atoms with Gasteiger partial charge in [-0.1, -0.05) is 139 Å². The normalized spacial score (nSPS) is 19.3. The van der Waals surface area contributed by atoms with E-state index in [0.29, 0.717) is 41.0 Å². The van der Waals surface area contributed by atoms with Crippen molar-refractivity contribution in [1.29, 1.82) is 0 Å². The molecule has 6 rings (SSSR count). The zero-order valence-corrected chi connectivity index (χ0v) is 35.2. The monoisotopic (exact) mass is 733 g/mol. The SMILES string of the molecule is CCC.CCCCCCCCN1C(=O)c2c(C)oc(-c3cc4c(s3)-c3sc(C(C)(C)C)cc3C4(CC(CC)CCCC)C3CCCCC3)c2C1=O. The van der Waals surface area contributed by atoms with Gasteiger partial charge in [0.2, 0.25) is 0 Å². The fraction of sp³-hybridized carbons (Fsp3) is 0.689. The van der Waals surface area contributed by atoms with Crippen molar-refractivity contribution in [2.24, 2.45) is 11.8 Å². The third-order valence-corrected chi connectivity index (χ3v) is 14.6. The molecule has 4 heterocycles. The number of nitrogens with zero attached hydrogens (tertiary/aromatic N) is 1. The van der Waals surface area contributed by atoms with Gasteiger partial charge in [-0.2, -0.15) is 0 Å². The molecule has 2 amide bonds. The maximum Gasteiger partial charge on any atom is 0.265 e. The number of carbonyl (C=O) groups excluding carboxylic acids is 2. The van der Waals surface area contributed by atoms with Gasteiger partial charge < -0.3 is 4.42 Å². The second-order valence-electron chi connectivity index (χ2n) is 16.9. The highest BCUT2D eigenvalue weighted by molar-refractivity contribution is 7.24. The molecular formula is C45H67NO3S2. The Morgan fingerprint density at radius 2 is 1.43 bits per heavy atom. The lowest BCUT2D eigenvalue weighted by Crippen LogP contribution is -2.38. The summed E-state index contributed by atoms with van der Waals surface area (Å²) in [5, 5.41) is 0. The number of amides is 2. The van der Waals surface area contributed by atoms with E-state index < -0.39 is 0 Å². The van der Waals surface area contributed by atoms with Crippen LogP contribution in [0.4, 0.5) is 0 Å². The van der Waals surface area contributed by atoms with Gasteiger partial charge in [-0.05, 0) is 73.1 Å². The molecule has 2 atom stereocenters. The number of hydrogen-bond donors (Lipinski definition) is 0. The molecule has 2 aliphatic carbocycles. The first-order valence-corrected chi connectivity index (χ1v) is 22.4. The quantitative estimate of drug-likeness (QED) is 0.115. The summed E-state index contributed by atoms with van der Waals surface area (Å²) < 4.78 is 6.43. The molecular weight excluding hydrogens is 667 g/mol. The van der Waals surface area contributed by atoms with Crippen LogP contribution in [0.15, 0.2) is 16.5 Å². The minimum Gasteiger partial charge on any atom is -0.459 e. The first-order chi connectivity index (χ1) is 24.5. The molecule has 1 fully saturated rings. The van der Waals surface area contributed by atoms with Gasteiger partial charge in [0, 0.05) is 26.6 Å². The first kappa shape index (κ1) is 40.0. The standard InChI is InChI=1S/C42H59NO3S2.C3H8/c1-8-11-13-14-15-19-23-43-39(44)34-27(4)46-36(35(34)40(43)45)32-24-30-37(47-32)38-31(25-33(48-38)41(5,6)7)42(30,29-21-17-16-18-22-29)26-28(10-3)20-12-9-2;1-3-2/h24-25,28-29H,8-23,26H2,1-7H3;3H2,1-2H3. The van der Waals surface area contributed by atoms with Crippen LogP contribution in [0.3, 0.4) is 0 Å². The zero-order chi connectivity index (χ0) is 36.9. The molecule has 1 aliphatic heterocycles. The molecule has 0 saturated heterocycles. The fourth-order valence-corrected chi connectivity index (χ4v) is 11.7. The van der Waals surface area contributed by atoms with Crippen LogP contribution in [0.5, 0.6) is 0 Å². The first-order valence-electron chi connectivity index (χ1n) is 20.8. The van der Waals surface area contributed by atoms with Crippen molar-refractivity contribution >= 4 is 34.5 Å². The van der Waals surface area contributed by atoms with Gasteiger partial charge in [-0.3, -0.25) is 14.5 Å². The van der Waals surface area contributed by atoms with Crippen LogP contribution in [-0.2, 0) is 10.8 Å². The maximum atomic E-state index is 14.0. The third-order valence-electron chi connectivity index (χ3n) is 11.8. The minimum absolute atomic E-state index is 0.0112. The predicted octanol–water partition coefficient (Wildman–Crippen LogP) is 14.5.